The smallest absolute Gasteiger partial charge is 0.195 e. The fraction of sp³-hybridized carbons (Fsp3) is 0.750. The van der Waals surface area contributed by atoms with Crippen molar-refractivity contribution in [3.8, 4) is 0 Å². The van der Waals surface area contributed by atoms with Crippen LogP contribution in [0.25, 0.3) is 0 Å². The lowest BCUT2D eigenvalue weighted by Gasteiger charge is -2.06. The lowest BCUT2D eigenvalue weighted by molar-refractivity contribution is 0.430. The third-order valence-electron chi connectivity index (χ3n) is 3.03. The summed E-state index contributed by atoms with van der Waals surface area (Å²) in [6.07, 6.45) is 6.46. The Morgan fingerprint density at radius 2 is 2.56 bits per heavy atom. The van der Waals surface area contributed by atoms with E-state index in [1.54, 1.807) is 0 Å². The van der Waals surface area contributed by atoms with E-state index in [1.165, 1.54) is 18.6 Å². The first-order valence-electron chi connectivity index (χ1n) is 6.00. The topological polar surface area (TPSA) is 38.1 Å². The van der Waals surface area contributed by atoms with Gasteiger partial charge in [0.2, 0.25) is 0 Å². The zero-order valence-corrected chi connectivity index (χ0v) is 10.8. The van der Waals surface area contributed by atoms with Gasteiger partial charge in [0.05, 0.1) is 6.20 Å². The summed E-state index contributed by atoms with van der Waals surface area (Å²) in [6, 6.07) is 0.446. The maximum absolute atomic E-state index is 5.75. The number of nitrogens with one attached hydrogen (secondary N) is 1. The number of likely N-dealkylation sites (N-methyl/N-ethyl adjacent to an activating group) is 1. The monoisotopic (exact) mass is 240 g/mol. The fourth-order valence-corrected chi connectivity index (χ4v) is 3.20. The first-order valence-corrected chi connectivity index (χ1v) is 7.05. The number of nitrogens with zero attached hydrogens (tertiary/aromatic N) is 1. The predicted octanol–water partition coefficient (Wildman–Crippen LogP) is 2.26. The Labute approximate surface area is 101 Å². The normalized spacial score (nSPS) is 22.5. The van der Waals surface area contributed by atoms with E-state index in [-0.39, 0.29) is 0 Å². The standard InChI is InChI=1S/C12H20N2OS/c1-9(13-2)6-10-8-14-12(15-10)7-11-4-3-5-16-11/h8-9,11,13H,3-7H2,1-2H3. The van der Waals surface area contributed by atoms with Crippen molar-refractivity contribution in [2.45, 2.75) is 43.9 Å². The molecule has 90 valence electrons. The molecule has 0 aromatic carbocycles. The number of hydrogen-bond acceptors (Lipinski definition) is 4. The van der Waals surface area contributed by atoms with Crippen LogP contribution in [0.15, 0.2) is 10.6 Å². The van der Waals surface area contributed by atoms with Crippen LogP contribution in [0.1, 0.15) is 31.4 Å². The van der Waals surface area contributed by atoms with E-state index in [0.29, 0.717) is 6.04 Å². The molecular formula is C12H20N2OS. The third-order valence-corrected chi connectivity index (χ3v) is 4.43. The van der Waals surface area contributed by atoms with Gasteiger partial charge in [0.25, 0.3) is 0 Å². The molecule has 0 radical (unpaired) electrons. The van der Waals surface area contributed by atoms with Crippen molar-refractivity contribution in [3.05, 3.63) is 17.8 Å². The largest absolute Gasteiger partial charge is 0.446 e. The van der Waals surface area contributed by atoms with Crippen LogP contribution in [0.5, 0.6) is 0 Å². The molecule has 2 atom stereocenters. The molecule has 2 unspecified atom stereocenters. The minimum atomic E-state index is 0.446. The SMILES string of the molecule is CNC(C)Cc1cnc(CC2CCCS2)o1. The van der Waals surface area contributed by atoms with Gasteiger partial charge in [0, 0.05) is 24.1 Å². The molecule has 3 nitrogen and oxygen atoms in total. The average Bonchev–Trinajstić information content (AvgIpc) is 2.91. The third kappa shape index (κ3) is 3.25. The van der Waals surface area contributed by atoms with Gasteiger partial charge in [-0.1, -0.05) is 0 Å². The van der Waals surface area contributed by atoms with Crippen molar-refractivity contribution in [3.63, 3.8) is 0 Å². The number of hydrogen-bond donors (Lipinski definition) is 1. The van der Waals surface area contributed by atoms with Gasteiger partial charge in [0.1, 0.15) is 5.76 Å². The Morgan fingerprint density at radius 1 is 1.69 bits per heavy atom. The summed E-state index contributed by atoms with van der Waals surface area (Å²) in [6.45, 7) is 2.15. The van der Waals surface area contributed by atoms with E-state index in [4.69, 9.17) is 4.42 Å². The second kappa shape index (κ2) is 5.73. The van der Waals surface area contributed by atoms with Gasteiger partial charge in [0.15, 0.2) is 5.89 Å². The van der Waals surface area contributed by atoms with Crippen molar-refractivity contribution in [2.24, 2.45) is 0 Å². The minimum Gasteiger partial charge on any atom is -0.446 e. The number of rotatable bonds is 5. The van der Waals surface area contributed by atoms with Gasteiger partial charge < -0.3 is 9.73 Å². The lowest BCUT2D eigenvalue weighted by Crippen LogP contribution is -2.23. The molecule has 0 saturated carbocycles. The van der Waals surface area contributed by atoms with Crippen molar-refractivity contribution >= 4 is 11.8 Å². The van der Waals surface area contributed by atoms with E-state index >= 15 is 0 Å². The van der Waals surface area contributed by atoms with Gasteiger partial charge in [-0.25, -0.2) is 4.98 Å². The van der Waals surface area contributed by atoms with Crippen molar-refractivity contribution in [1.82, 2.24) is 10.3 Å². The zero-order chi connectivity index (χ0) is 11.4. The molecule has 1 aliphatic rings. The van der Waals surface area contributed by atoms with E-state index in [0.717, 1.165) is 29.7 Å². The summed E-state index contributed by atoms with van der Waals surface area (Å²) in [5.41, 5.74) is 0. The maximum Gasteiger partial charge on any atom is 0.195 e. The Morgan fingerprint density at radius 3 is 3.25 bits per heavy atom. The first kappa shape index (κ1) is 12.0. The van der Waals surface area contributed by atoms with Crippen LogP contribution in [-0.2, 0) is 12.8 Å². The Hall–Kier alpha value is -0.480. The predicted molar refractivity (Wildman–Crippen MR) is 67.9 cm³/mol. The highest BCUT2D eigenvalue weighted by atomic mass is 32.2. The van der Waals surface area contributed by atoms with Crippen molar-refractivity contribution in [2.75, 3.05) is 12.8 Å². The number of oxazole rings is 1. The van der Waals surface area contributed by atoms with Crippen LogP contribution in [0.2, 0.25) is 0 Å². The summed E-state index contributed by atoms with van der Waals surface area (Å²) in [4.78, 5) is 4.36. The summed E-state index contributed by atoms with van der Waals surface area (Å²) < 4.78 is 5.75. The van der Waals surface area contributed by atoms with Crippen molar-refractivity contribution < 1.29 is 4.42 Å². The van der Waals surface area contributed by atoms with E-state index in [1.807, 2.05) is 13.2 Å². The molecule has 0 spiro atoms. The lowest BCUT2D eigenvalue weighted by atomic mass is 10.2. The molecule has 16 heavy (non-hydrogen) atoms. The van der Waals surface area contributed by atoms with Gasteiger partial charge in [-0.15, -0.1) is 0 Å². The molecule has 4 heteroatoms. The highest BCUT2D eigenvalue weighted by Crippen LogP contribution is 2.28. The van der Waals surface area contributed by atoms with Gasteiger partial charge in [-0.05, 0) is 32.6 Å². The molecule has 0 aliphatic carbocycles. The van der Waals surface area contributed by atoms with Crippen LogP contribution in [0, 0.1) is 0 Å². The van der Waals surface area contributed by atoms with E-state index < -0.39 is 0 Å². The van der Waals surface area contributed by atoms with Gasteiger partial charge >= 0.3 is 0 Å². The molecule has 1 aromatic rings. The molecule has 0 amide bonds. The average molecular weight is 240 g/mol. The fourth-order valence-electron chi connectivity index (χ4n) is 1.94. The molecule has 1 fully saturated rings. The first-order chi connectivity index (χ1) is 7.78. The molecule has 1 N–H and O–H groups in total. The van der Waals surface area contributed by atoms with Crippen LogP contribution in [0.3, 0.4) is 0 Å². The van der Waals surface area contributed by atoms with Crippen LogP contribution in [-0.4, -0.2) is 29.1 Å². The number of thioether (sulfide) groups is 1. The highest BCUT2D eigenvalue weighted by Gasteiger charge is 2.18. The Bertz CT molecular complexity index is 321. The zero-order valence-electron chi connectivity index (χ0n) is 10.0. The van der Waals surface area contributed by atoms with Crippen LogP contribution >= 0.6 is 11.8 Å². The maximum atomic E-state index is 5.75. The minimum absolute atomic E-state index is 0.446. The van der Waals surface area contributed by atoms with Gasteiger partial charge in [-0.2, -0.15) is 11.8 Å². The highest BCUT2D eigenvalue weighted by molar-refractivity contribution is 8.00. The summed E-state index contributed by atoms with van der Waals surface area (Å²) >= 11 is 2.05. The van der Waals surface area contributed by atoms with Gasteiger partial charge in [-0.3, -0.25) is 0 Å². The quantitative estimate of drug-likeness (QED) is 0.857. The van der Waals surface area contributed by atoms with Crippen LogP contribution < -0.4 is 5.32 Å². The Balaban J connectivity index is 1.86. The molecule has 2 heterocycles. The molecular weight excluding hydrogens is 220 g/mol. The summed E-state index contributed by atoms with van der Waals surface area (Å²) in [7, 11) is 1.97. The molecule has 1 aliphatic heterocycles. The second-order valence-electron chi connectivity index (χ2n) is 4.45. The van der Waals surface area contributed by atoms with Crippen LogP contribution in [0.4, 0.5) is 0 Å². The Kier molecular flexibility index (Phi) is 4.29. The molecule has 0 bridgehead atoms. The molecule has 2 rings (SSSR count). The molecule has 1 aromatic heterocycles. The number of aromatic nitrogens is 1. The molecule has 1 saturated heterocycles. The van der Waals surface area contributed by atoms with E-state index in [2.05, 4.69) is 29.0 Å². The summed E-state index contributed by atoms with van der Waals surface area (Å²) in [5.74, 6) is 3.22. The van der Waals surface area contributed by atoms with Crippen molar-refractivity contribution in [1.29, 1.82) is 0 Å². The summed E-state index contributed by atoms with van der Waals surface area (Å²) in [5, 5.41) is 3.93. The second-order valence-corrected chi connectivity index (χ2v) is 5.86. The van der Waals surface area contributed by atoms with E-state index in [9.17, 15) is 0 Å².